The molecule has 18 heavy (non-hydrogen) atoms. The predicted octanol–water partition coefficient (Wildman–Crippen LogP) is 2.56. The summed E-state index contributed by atoms with van der Waals surface area (Å²) < 4.78 is 2.01. The molecular weight excluding hydrogens is 244 g/mol. The van der Waals surface area contributed by atoms with Gasteiger partial charge in [0.15, 0.2) is 0 Å². The predicted molar refractivity (Wildman–Crippen MR) is 78.8 cm³/mol. The highest BCUT2D eigenvalue weighted by Gasteiger charge is 2.07. The van der Waals surface area contributed by atoms with Crippen molar-refractivity contribution in [3.63, 3.8) is 0 Å². The molecule has 0 amide bonds. The molecule has 104 valence electrons. The van der Waals surface area contributed by atoms with Gasteiger partial charge in [-0.05, 0) is 30.8 Å². The third kappa shape index (κ3) is 5.87. The molecule has 0 fully saturated rings. The number of hydrogen-bond acceptors (Lipinski definition) is 4. The lowest BCUT2D eigenvalue weighted by Crippen LogP contribution is -2.28. The first-order valence-electron chi connectivity index (χ1n) is 6.81. The number of thioether (sulfide) groups is 1. The van der Waals surface area contributed by atoms with Crippen molar-refractivity contribution in [1.82, 2.24) is 20.1 Å². The van der Waals surface area contributed by atoms with Gasteiger partial charge in [-0.25, -0.2) is 9.67 Å². The quantitative estimate of drug-likeness (QED) is 0.700. The van der Waals surface area contributed by atoms with Crippen molar-refractivity contribution in [3.05, 3.63) is 12.2 Å². The Morgan fingerprint density at radius 3 is 2.83 bits per heavy atom. The van der Waals surface area contributed by atoms with Crippen LogP contribution in [0.4, 0.5) is 0 Å². The first-order valence-corrected chi connectivity index (χ1v) is 7.96. The number of rotatable bonds is 9. The molecule has 0 spiro atoms. The summed E-state index contributed by atoms with van der Waals surface area (Å²) in [6.45, 7) is 10.6. The molecule has 0 radical (unpaired) electrons. The van der Waals surface area contributed by atoms with E-state index in [2.05, 4.69) is 43.1 Å². The summed E-state index contributed by atoms with van der Waals surface area (Å²) in [5.41, 5.74) is 0. The highest BCUT2D eigenvalue weighted by molar-refractivity contribution is 7.99. The molecule has 5 heteroatoms. The van der Waals surface area contributed by atoms with E-state index in [4.69, 9.17) is 0 Å². The van der Waals surface area contributed by atoms with Crippen molar-refractivity contribution < 1.29 is 0 Å². The minimum atomic E-state index is 0.535. The second-order valence-electron chi connectivity index (χ2n) is 5.02. The molecular formula is C13H26N4S. The van der Waals surface area contributed by atoms with Gasteiger partial charge in [0.2, 0.25) is 0 Å². The van der Waals surface area contributed by atoms with Crippen LogP contribution in [0.2, 0.25) is 0 Å². The highest BCUT2D eigenvalue weighted by Crippen LogP contribution is 2.05. The van der Waals surface area contributed by atoms with Gasteiger partial charge >= 0.3 is 0 Å². The Labute approximate surface area is 115 Å². The molecule has 1 N–H and O–H groups in total. The van der Waals surface area contributed by atoms with E-state index in [1.54, 1.807) is 6.33 Å². The highest BCUT2D eigenvalue weighted by atomic mass is 32.2. The lowest BCUT2D eigenvalue weighted by atomic mass is 10.2. The second kappa shape index (κ2) is 8.53. The first kappa shape index (κ1) is 15.5. The van der Waals surface area contributed by atoms with Gasteiger partial charge in [-0.2, -0.15) is 16.9 Å². The van der Waals surface area contributed by atoms with Crippen LogP contribution in [0, 0.1) is 5.92 Å². The number of aromatic nitrogens is 3. The molecule has 1 aromatic rings. The molecule has 1 aromatic heterocycles. The summed E-state index contributed by atoms with van der Waals surface area (Å²) in [7, 11) is 0. The van der Waals surface area contributed by atoms with Gasteiger partial charge in [-0.3, -0.25) is 0 Å². The number of hydrogen-bond donors (Lipinski definition) is 1. The molecule has 1 unspecified atom stereocenters. The molecule has 4 nitrogen and oxygen atoms in total. The average Bonchev–Trinajstić information content (AvgIpc) is 2.73. The Hall–Kier alpha value is -0.550. The van der Waals surface area contributed by atoms with Crippen LogP contribution in [-0.4, -0.2) is 32.3 Å². The molecule has 0 saturated carbocycles. The van der Waals surface area contributed by atoms with Gasteiger partial charge in [0.1, 0.15) is 12.2 Å². The van der Waals surface area contributed by atoms with Crippen molar-refractivity contribution in [3.8, 4) is 0 Å². The molecule has 1 atom stereocenters. The Kier molecular flexibility index (Phi) is 7.35. The zero-order valence-corrected chi connectivity index (χ0v) is 12.8. The van der Waals surface area contributed by atoms with E-state index < -0.39 is 0 Å². The summed E-state index contributed by atoms with van der Waals surface area (Å²) >= 11 is 2.00. The van der Waals surface area contributed by atoms with Gasteiger partial charge < -0.3 is 5.32 Å². The zero-order chi connectivity index (χ0) is 13.4. The van der Waals surface area contributed by atoms with Gasteiger partial charge in [0.25, 0.3) is 0 Å². The van der Waals surface area contributed by atoms with E-state index in [-0.39, 0.29) is 0 Å². The van der Waals surface area contributed by atoms with Crippen LogP contribution in [0.25, 0.3) is 0 Å². The van der Waals surface area contributed by atoms with Gasteiger partial charge in [0.05, 0.1) is 6.54 Å². The van der Waals surface area contributed by atoms with Crippen LogP contribution in [0.1, 0.15) is 39.9 Å². The van der Waals surface area contributed by atoms with Crippen molar-refractivity contribution in [2.75, 3.05) is 11.5 Å². The van der Waals surface area contributed by atoms with Crippen LogP contribution in [0.15, 0.2) is 6.33 Å². The van der Waals surface area contributed by atoms with E-state index in [0.717, 1.165) is 18.9 Å². The van der Waals surface area contributed by atoms with E-state index in [9.17, 15) is 0 Å². The number of nitrogens with zero attached hydrogens (tertiary/aromatic N) is 3. The minimum absolute atomic E-state index is 0.535. The summed E-state index contributed by atoms with van der Waals surface area (Å²) in [5.74, 6) is 4.07. The van der Waals surface area contributed by atoms with E-state index in [1.807, 2.05) is 16.4 Å². The fraction of sp³-hybridized carbons (Fsp3) is 0.846. The Morgan fingerprint density at radius 2 is 2.17 bits per heavy atom. The molecule has 0 bridgehead atoms. The van der Waals surface area contributed by atoms with Crippen LogP contribution in [0.5, 0.6) is 0 Å². The molecule has 0 aromatic carbocycles. The average molecular weight is 270 g/mol. The maximum atomic E-state index is 4.32. The van der Waals surface area contributed by atoms with Gasteiger partial charge in [0, 0.05) is 12.6 Å². The molecule has 0 aliphatic heterocycles. The zero-order valence-electron chi connectivity index (χ0n) is 12.0. The van der Waals surface area contributed by atoms with Gasteiger partial charge in [-0.1, -0.05) is 20.8 Å². The minimum Gasteiger partial charge on any atom is -0.307 e. The van der Waals surface area contributed by atoms with Crippen molar-refractivity contribution in [1.29, 1.82) is 0 Å². The van der Waals surface area contributed by atoms with Crippen molar-refractivity contribution in [2.45, 2.75) is 53.2 Å². The monoisotopic (exact) mass is 270 g/mol. The summed E-state index contributed by atoms with van der Waals surface area (Å²) in [4.78, 5) is 4.32. The maximum Gasteiger partial charge on any atom is 0.140 e. The largest absolute Gasteiger partial charge is 0.307 e. The summed E-state index contributed by atoms with van der Waals surface area (Å²) in [5, 5.41) is 7.79. The van der Waals surface area contributed by atoms with Crippen LogP contribution < -0.4 is 5.32 Å². The maximum absolute atomic E-state index is 4.32. The summed E-state index contributed by atoms with van der Waals surface area (Å²) in [6, 6.07) is 0.535. The van der Waals surface area contributed by atoms with Gasteiger partial charge in [-0.15, -0.1) is 0 Å². The standard InChI is InChI=1S/C13H26N4S/c1-5-18-7-6-12(4)14-8-13-15-10-16-17(13)9-11(2)3/h10-12,14H,5-9H2,1-4H3. The smallest absolute Gasteiger partial charge is 0.140 e. The fourth-order valence-electron chi connectivity index (χ4n) is 1.70. The van der Waals surface area contributed by atoms with Crippen LogP contribution in [0.3, 0.4) is 0 Å². The van der Waals surface area contributed by atoms with E-state index in [0.29, 0.717) is 12.0 Å². The molecule has 1 rings (SSSR count). The fourth-order valence-corrected chi connectivity index (χ4v) is 2.50. The first-order chi connectivity index (χ1) is 8.63. The van der Waals surface area contributed by atoms with Crippen LogP contribution >= 0.6 is 11.8 Å². The van der Waals surface area contributed by atoms with E-state index in [1.165, 1.54) is 17.9 Å². The van der Waals surface area contributed by atoms with Crippen molar-refractivity contribution >= 4 is 11.8 Å². The third-order valence-electron chi connectivity index (χ3n) is 2.74. The normalized spacial score (nSPS) is 13.2. The van der Waals surface area contributed by atoms with Crippen molar-refractivity contribution in [2.24, 2.45) is 5.92 Å². The second-order valence-corrected chi connectivity index (χ2v) is 6.41. The van der Waals surface area contributed by atoms with Crippen LogP contribution in [-0.2, 0) is 13.1 Å². The third-order valence-corrected chi connectivity index (χ3v) is 3.67. The topological polar surface area (TPSA) is 42.7 Å². The molecule has 0 saturated heterocycles. The number of nitrogens with one attached hydrogen (secondary N) is 1. The Morgan fingerprint density at radius 1 is 1.39 bits per heavy atom. The summed E-state index contributed by atoms with van der Waals surface area (Å²) in [6.07, 6.45) is 2.85. The molecule has 0 aliphatic carbocycles. The van der Waals surface area contributed by atoms with E-state index >= 15 is 0 Å². The molecule has 1 heterocycles. The Bertz CT molecular complexity index is 325. The SMILES string of the molecule is CCSCCC(C)NCc1ncnn1CC(C)C. The lowest BCUT2D eigenvalue weighted by Gasteiger charge is -2.14. The lowest BCUT2D eigenvalue weighted by molar-refractivity contribution is 0.445. The molecule has 0 aliphatic rings. The Balaban J connectivity index is 2.31.